The van der Waals surface area contributed by atoms with E-state index in [-0.39, 0.29) is 5.91 Å². The summed E-state index contributed by atoms with van der Waals surface area (Å²) >= 11 is 1.69. The molecule has 0 aromatic heterocycles. The predicted octanol–water partition coefficient (Wildman–Crippen LogP) is 2.15. The van der Waals surface area contributed by atoms with Gasteiger partial charge < -0.3 is 19.7 Å². The summed E-state index contributed by atoms with van der Waals surface area (Å²) in [5.74, 6) is 2.63. The van der Waals surface area contributed by atoms with E-state index >= 15 is 0 Å². The van der Waals surface area contributed by atoms with E-state index in [0.717, 1.165) is 48.1 Å². The van der Waals surface area contributed by atoms with Gasteiger partial charge in [-0.3, -0.25) is 4.79 Å². The number of thioether (sulfide) groups is 1. The molecule has 1 unspecified atom stereocenters. The van der Waals surface area contributed by atoms with E-state index in [0.29, 0.717) is 25.7 Å². The van der Waals surface area contributed by atoms with Gasteiger partial charge in [0.05, 0.1) is 13.2 Å². The maximum atomic E-state index is 12.2. The van der Waals surface area contributed by atoms with Crippen molar-refractivity contribution in [3.8, 4) is 11.5 Å². The molecule has 2 aliphatic rings. The molecule has 126 valence electrons. The van der Waals surface area contributed by atoms with Crippen LogP contribution in [0.15, 0.2) is 23.1 Å². The van der Waals surface area contributed by atoms with Gasteiger partial charge >= 0.3 is 0 Å². The van der Waals surface area contributed by atoms with Crippen molar-refractivity contribution in [3.63, 3.8) is 0 Å². The molecule has 1 atom stereocenters. The number of rotatable bonds is 5. The van der Waals surface area contributed by atoms with Crippen LogP contribution < -0.4 is 14.8 Å². The highest BCUT2D eigenvalue weighted by Crippen LogP contribution is 2.34. The van der Waals surface area contributed by atoms with Crippen LogP contribution in [0.2, 0.25) is 0 Å². The van der Waals surface area contributed by atoms with Crippen molar-refractivity contribution in [2.45, 2.75) is 30.2 Å². The zero-order valence-electron chi connectivity index (χ0n) is 13.5. The number of nitrogens with zero attached hydrogens (tertiary/aromatic N) is 1. The number of likely N-dealkylation sites (N-methyl/N-ethyl adjacent to an activating group) is 1. The number of amides is 1. The fourth-order valence-electron chi connectivity index (χ4n) is 2.84. The van der Waals surface area contributed by atoms with Crippen molar-refractivity contribution in [2.24, 2.45) is 0 Å². The Morgan fingerprint density at radius 2 is 2.17 bits per heavy atom. The molecule has 0 radical (unpaired) electrons. The lowest BCUT2D eigenvalue weighted by Gasteiger charge is -2.23. The van der Waals surface area contributed by atoms with E-state index in [1.807, 2.05) is 30.1 Å². The Balaban J connectivity index is 1.48. The zero-order valence-corrected chi connectivity index (χ0v) is 14.4. The molecule has 2 heterocycles. The van der Waals surface area contributed by atoms with Gasteiger partial charge in [0.1, 0.15) is 0 Å². The molecule has 3 rings (SSSR count). The summed E-state index contributed by atoms with van der Waals surface area (Å²) in [6, 6.07) is 6.36. The second kappa shape index (κ2) is 7.93. The van der Waals surface area contributed by atoms with E-state index in [2.05, 4.69) is 5.32 Å². The molecule has 1 N–H and O–H groups in total. The SMILES string of the molecule is CN(C(=O)CCSc1ccc2c(c1)OCCCO2)C1CCNC1. The van der Waals surface area contributed by atoms with Crippen molar-refractivity contribution in [3.05, 3.63) is 18.2 Å². The minimum Gasteiger partial charge on any atom is -0.490 e. The van der Waals surface area contributed by atoms with Crippen molar-refractivity contribution in [2.75, 3.05) is 39.1 Å². The van der Waals surface area contributed by atoms with Gasteiger partial charge in [-0.05, 0) is 31.2 Å². The van der Waals surface area contributed by atoms with Crippen LogP contribution in [0.4, 0.5) is 0 Å². The number of hydrogen-bond donors (Lipinski definition) is 1. The second-order valence-corrected chi connectivity index (χ2v) is 7.08. The molecule has 23 heavy (non-hydrogen) atoms. The molecule has 0 bridgehead atoms. The van der Waals surface area contributed by atoms with Gasteiger partial charge in [-0.15, -0.1) is 11.8 Å². The van der Waals surface area contributed by atoms with Crippen LogP contribution >= 0.6 is 11.8 Å². The highest BCUT2D eigenvalue weighted by atomic mass is 32.2. The number of ether oxygens (including phenoxy) is 2. The molecule has 1 saturated heterocycles. The van der Waals surface area contributed by atoms with Crippen molar-refractivity contribution < 1.29 is 14.3 Å². The monoisotopic (exact) mass is 336 g/mol. The molecular weight excluding hydrogens is 312 g/mol. The molecule has 1 aromatic rings. The predicted molar refractivity (Wildman–Crippen MR) is 91.4 cm³/mol. The molecule has 6 heteroatoms. The molecule has 0 spiro atoms. The molecule has 2 aliphatic heterocycles. The lowest BCUT2D eigenvalue weighted by atomic mass is 10.2. The third-order valence-corrected chi connectivity index (χ3v) is 5.27. The maximum absolute atomic E-state index is 12.2. The first-order valence-corrected chi connectivity index (χ1v) is 9.21. The third-order valence-electron chi connectivity index (χ3n) is 4.28. The first-order valence-electron chi connectivity index (χ1n) is 8.23. The van der Waals surface area contributed by atoms with Crippen LogP contribution in [-0.2, 0) is 4.79 Å². The Morgan fingerprint density at radius 1 is 1.35 bits per heavy atom. The summed E-state index contributed by atoms with van der Waals surface area (Å²) in [6.07, 6.45) is 2.53. The van der Waals surface area contributed by atoms with Gasteiger partial charge in [0.2, 0.25) is 5.91 Å². The van der Waals surface area contributed by atoms with Gasteiger partial charge in [-0.25, -0.2) is 0 Å². The van der Waals surface area contributed by atoms with E-state index in [9.17, 15) is 4.79 Å². The summed E-state index contributed by atoms with van der Waals surface area (Å²) in [4.78, 5) is 15.3. The average Bonchev–Trinajstić information content (AvgIpc) is 3.00. The zero-order chi connectivity index (χ0) is 16.1. The van der Waals surface area contributed by atoms with Crippen LogP contribution in [-0.4, -0.2) is 56.0 Å². The Hall–Kier alpha value is -1.40. The van der Waals surface area contributed by atoms with Crippen molar-refractivity contribution in [1.82, 2.24) is 10.2 Å². The second-order valence-electron chi connectivity index (χ2n) is 5.91. The van der Waals surface area contributed by atoms with Gasteiger partial charge in [0.25, 0.3) is 0 Å². The number of benzene rings is 1. The van der Waals surface area contributed by atoms with Crippen LogP contribution in [0.5, 0.6) is 11.5 Å². The maximum Gasteiger partial charge on any atom is 0.223 e. The lowest BCUT2D eigenvalue weighted by Crippen LogP contribution is -2.38. The van der Waals surface area contributed by atoms with Crippen LogP contribution in [0.1, 0.15) is 19.3 Å². The fourth-order valence-corrected chi connectivity index (χ4v) is 3.71. The van der Waals surface area contributed by atoms with E-state index in [1.54, 1.807) is 11.8 Å². The largest absolute Gasteiger partial charge is 0.490 e. The standard InChI is InChI=1S/C17H24N2O3S/c1-19(13-5-7-18-12-13)17(20)6-10-23-14-3-4-15-16(11-14)22-9-2-8-21-15/h3-4,11,13,18H,2,5-10,12H2,1H3. The number of carbonyl (C=O) groups excluding carboxylic acids is 1. The first-order chi connectivity index (χ1) is 11.2. The quantitative estimate of drug-likeness (QED) is 0.835. The molecule has 0 saturated carbocycles. The topological polar surface area (TPSA) is 50.8 Å². The molecule has 1 amide bonds. The van der Waals surface area contributed by atoms with Crippen LogP contribution in [0, 0.1) is 0 Å². The molecule has 1 aromatic carbocycles. The third kappa shape index (κ3) is 4.32. The number of nitrogens with one attached hydrogen (secondary N) is 1. The van der Waals surface area contributed by atoms with Gasteiger partial charge in [-0.1, -0.05) is 0 Å². The average molecular weight is 336 g/mol. The Morgan fingerprint density at radius 3 is 2.96 bits per heavy atom. The highest BCUT2D eigenvalue weighted by molar-refractivity contribution is 7.99. The summed E-state index contributed by atoms with van der Waals surface area (Å²) < 4.78 is 11.3. The van der Waals surface area contributed by atoms with E-state index in [1.165, 1.54) is 0 Å². The smallest absolute Gasteiger partial charge is 0.223 e. The Labute approximate surface area is 141 Å². The summed E-state index contributed by atoms with van der Waals surface area (Å²) in [5.41, 5.74) is 0. The summed E-state index contributed by atoms with van der Waals surface area (Å²) in [6.45, 7) is 3.32. The summed E-state index contributed by atoms with van der Waals surface area (Å²) in [5, 5.41) is 3.30. The lowest BCUT2D eigenvalue weighted by molar-refractivity contribution is -0.131. The van der Waals surface area contributed by atoms with Crippen LogP contribution in [0.3, 0.4) is 0 Å². The van der Waals surface area contributed by atoms with E-state index in [4.69, 9.17) is 9.47 Å². The number of carbonyl (C=O) groups is 1. The van der Waals surface area contributed by atoms with Crippen LogP contribution in [0.25, 0.3) is 0 Å². The Bertz CT molecular complexity index is 547. The summed E-state index contributed by atoms with van der Waals surface area (Å²) in [7, 11) is 1.91. The van der Waals surface area contributed by atoms with Gasteiger partial charge in [-0.2, -0.15) is 0 Å². The Kier molecular flexibility index (Phi) is 5.67. The fraction of sp³-hybridized carbons (Fsp3) is 0.588. The molecule has 5 nitrogen and oxygen atoms in total. The minimum absolute atomic E-state index is 0.223. The van der Waals surface area contributed by atoms with Gasteiger partial charge in [0, 0.05) is 43.1 Å². The molecule has 1 fully saturated rings. The number of fused-ring (bicyclic) bond motifs is 1. The van der Waals surface area contributed by atoms with Crippen molar-refractivity contribution in [1.29, 1.82) is 0 Å². The van der Waals surface area contributed by atoms with Crippen molar-refractivity contribution >= 4 is 17.7 Å². The molecule has 0 aliphatic carbocycles. The van der Waals surface area contributed by atoms with Gasteiger partial charge in [0.15, 0.2) is 11.5 Å². The highest BCUT2D eigenvalue weighted by Gasteiger charge is 2.22. The normalized spacial score (nSPS) is 20.1. The molecular formula is C17H24N2O3S. The minimum atomic E-state index is 0.223. The first kappa shape index (κ1) is 16.5. The van der Waals surface area contributed by atoms with E-state index < -0.39 is 0 Å². The number of hydrogen-bond acceptors (Lipinski definition) is 5.